The van der Waals surface area contributed by atoms with Gasteiger partial charge in [0.05, 0.1) is 5.92 Å². The first-order valence-corrected chi connectivity index (χ1v) is 12.5. The Kier molecular flexibility index (Phi) is 7.73. The molecule has 7 nitrogen and oxygen atoms in total. The number of rotatable bonds is 9. The molecular weight excluding hydrogens is 444 g/mol. The lowest BCUT2D eigenvalue weighted by Gasteiger charge is -2.31. The van der Waals surface area contributed by atoms with Gasteiger partial charge in [-0.2, -0.15) is 0 Å². The predicted molar refractivity (Wildman–Crippen MR) is 133 cm³/mol. The number of carboxylic acid groups (broad SMARTS) is 1. The molecule has 35 heavy (non-hydrogen) atoms. The van der Waals surface area contributed by atoms with E-state index in [1.807, 2.05) is 38.1 Å². The van der Waals surface area contributed by atoms with Crippen molar-refractivity contribution in [3.8, 4) is 11.1 Å². The molecule has 0 bridgehead atoms. The second-order valence-electron chi connectivity index (χ2n) is 9.74. The van der Waals surface area contributed by atoms with E-state index in [9.17, 15) is 14.4 Å². The molecule has 0 aliphatic heterocycles. The minimum Gasteiger partial charge on any atom is -0.481 e. The largest absolute Gasteiger partial charge is 0.481 e. The molecule has 4 rings (SSSR count). The van der Waals surface area contributed by atoms with Crippen LogP contribution in [0.2, 0.25) is 0 Å². The zero-order valence-electron chi connectivity index (χ0n) is 20.4. The van der Waals surface area contributed by atoms with Crippen LogP contribution < -0.4 is 5.32 Å². The lowest BCUT2D eigenvalue weighted by molar-refractivity contribution is -0.140. The molecule has 0 unspecified atom stereocenters. The van der Waals surface area contributed by atoms with Gasteiger partial charge in [-0.3, -0.25) is 9.59 Å². The van der Waals surface area contributed by atoms with Crippen LogP contribution in [0.4, 0.5) is 4.79 Å². The summed E-state index contributed by atoms with van der Waals surface area (Å²) in [5.41, 5.74) is 4.67. The highest BCUT2D eigenvalue weighted by Crippen LogP contribution is 2.44. The van der Waals surface area contributed by atoms with Crippen LogP contribution in [-0.4, -0.2) is 53.2 Å². The molecule has 186 valence electrons. The van der Waals surface area contributed by atoms with Crippen LogP contribution in [0.3, 0.4) is 0 Å². The van der Waals surface area contributed by atoms with Crippen LogP contribution in [0.1, 0.15) is 63.0 Å². The Bertz CT molecular complexity index is 1040. The van der Waals surface area contributed by atoms with Gasteiger partial charge >= 0.3 is 12.1 Å². The Balaban J connectivity index is 1.36. The van der Waals surface area contributed by atoms with E-state index in [1.54, 1.807) is 4.90 Å². The highest BCUT2D eigenvalue weighted by Gasteiger charge is 2.38. The van der Waals surface area contributed by atoms with Crippen molar-refractivity contribution < 1.29 is 24.2 Å². The molecule has 2 atom stereocenters. The molecule has 0 spiro atoms. The molecule has 2 aliphatic carbocycles. The quantitative estimate of drug-likeness (QED) is 0.540. The zero-order chi connectivity index (χ0) is 24.9. The van der Waals surface area contributed by atoms with Gasteiger partial charge in [0.15, 0.2) is 0 Å². The fourth-order valence-corrected chi connectivity index (χ4v) is 5.46. The van der Waals surface area contributed by atoms with Gasteiger partial charge < -0.3 is 20.1 Å². The fraction of sp³-hybridized carbons (Fsp3) is 0.464. The van der Waals surface area contributed by atoms with Gasteiger partial charge in [0.1, 0.15) is 6.61 Å². The van der Waals surface area contributed by atoms with Crippen molar-refractivity contribution in [1.29, 1.82) is 0 Å². The Morgan fingerprint density at radius 1 is 1.03 bits per heavy atom. The minimum atomic E-state index is -0.864. The summed E-state index contributed by atoms with van der Waals surface area (Å²) in [5, 5.41) is 11.9. The van der Waals surface area contributed by atoms with Crippen molar-refractivity contribution in [2.24, 2.45) is 5.92 Å². The molecule has 2 amide bonds. The van der Waals surface area contributed by atoms with Crippen molar-refractivity contribution in [3.05, 3.63) is 59.7 Å². The number of carbonyl (C=O) groups excluding carboxylic acids is 2. The van der Waals surface area contributed by atoms with Gasteiger partial charge in [-0.05, 0) is 55.4 Å². The molecule has 0 heterocycles. The Hall–Kier alpha value is -3.35. The molecular formula is C28H34N2O5. The number of carbonyl (C=O) groups is 3. The van der Waals surface area contributed by atoms with Gasteiger partial charge in [-0.25, -0.2) is 4.79 Å². The third kappa shape index (κ3) is 5.50. The number of alkyl carbamates (subject to hydrolysis) is 1. The maximum absolute atomic E-state index is 13.3. The summed E-state index contributed by atoms with van der Waals surface area (Å²) in [4.78, 5) is 38.7. The normalized spacial score (nSPS) is 18.7. The third-order valence-corrected chi connectivity index (χ3v) is 7.18. The van der Waals surface area contributed by atoms with E-state index < -0.39 is 12.1 Å². The molecule has 0 aromatic heterocycles. The van der Waals surface area contributed by atoms with Crippen LogP contribution in [0, 0.1) is 5.92 Å². The number of aliphatic carboxylic acids is 1. The van der Waals surface area contributed by atoms with E-state index in [-0.39, 0.29) is 42.9 Å². The molecule has 2 N–H and O–H groups in total. The number of nitrogens with zero attached hydrogens (tertiary/aromatic N) is 1. The maximum Gasteiger partial charge on any atom is 0.407 e. The topological polar surface area (TPSA) is 95.9 Å². The first-order valence-electron chi connectivity index (χ1n) is 12.5. The minimum absolute atomic E-state index is 0.0141. The molecule has 0 radical (unpaired) electrons. The smallest absolute Gasteiger partial charge is 0.407 e. The maximum atomic E-state index is 13.3. The number of carboxylic acids is 1. The van der Waals surface area contributed by atoms with Crippen LogP contribution in [0.25, 0.3) is 11.1 Å². The van der Waals surface area contributed by atoms with Crippen LogP contribution in [0.5, 0.6) is 0 Å². The van der Waals surface area contributed by atoms with E-state index >= 15 is 0 Å². The zero-order valence-corrected chi connectivity index (χ0v) is 20.4. The Labute approximate surface area is 206 Å². The summed E-state index contributed by atoms with van der Waals surface area (Å²) in [6.45, 7) is 4.50. The van der Waals surface area contributed by atoms with E-state index in [4.69, 9.17) is 9.84 Å². The number of hydrogen-bond acceptors (Lipinski definition) is 4. The molecule has 2 aliphatic rings. The monoisotopic (exact) mass is 478 g/mol. The van der Waals surface area contributed by atoms with Crippen molar-refractivity contribution in [2.45, 2.75) is 64.0 Å². The second-order valence-corrected chi connectivity index (χ2v) is 9.74. The molecule has 1 saturated carbocycles. The van der Waals surface area contributed by atoms with E-state index in [2.05, 4.69) is 29.6 Å². The summed E-state index contributed by atoms with van der Waals surface area (Å²) >= 11 is 0. The first-order chi connectivity index (χ1) is 16.9. The third-order valence-electron chi connectivity index (χ3n) is 7.18. The number of nitrogens with one attached hydrogen (secondary N) is 1. The SMILES string of the molecule is CC(C)N(CCCC(=O)O)C(=O)[C@@H]1CCC[C@@H]1NC(=O)OCC1c2ccccc2-c2ccccc21. The number of hydrogen-bond donors (Lipinski definition) is 2. The van der Waals surface area contributed by atoms with Gasteiger partial charge in [0.25, 0.3) is 0 Å². The molecule has 1 fully saturated rings. The average Bonchev–Trinajstić information content (AvgIpc) is 3.42. The summed E-state index contributed by atoms with van der Waals surface area (Å²) in [6, 6.07) is 16.1. The number of ether oxygens (including phenoxy) is 1. The number of fused-ring (bicyclic) bond motifs is 3. The van der Waals surface area contributed by atoms with Crippen molar-refractivity contribution in [2.75, 3.05) is 13.2 Å². The average molecular weight is 479 g/mol. The Morgan fingerprint density at radius 2 is 1.66 bits per heavy atom. The van der Waals surface area contributed by atoms with Crippen molar-refractivity contribution in [3.63, 3.8) is 0 Å². The first kappa shape index (κ1) is 24.8. The van der Waals surface area contributed by atoms with E-state index in [0.29, 0.717) is 19.4 Å². The molecule has 2 aromatic carbocycles. The summed E-state index contributed by atoms with van der Waals surface area (Å²) in [5.74, 6) is -1.22. The highest BCUT2D eigenvalue weighted by molar-refractivity contribution is 5.81. The van der Waals surface area contributed by atoms with Gasteiger partial charge in [-0.1, -0.05) is 55.0 Å². The van der Waals surface area contributed by atoms with E-state index in [1.165, 1.54) is 11.1 Å². The molecule has 2 aromatic rings. The fourth-order valence-electron chi connectivity index (χ4n) is 5.46. The highest BCUT2D eigenvalue weighted by atomic mass is 16.5. The van der Waals surface area contributed by atoms with Gasteiger partial charge in [0.2, 0.25) is 5.91 Å². The van der Waals surface area contributed by atoms with Crippen LogP contribution in [-0.2, 0) is 14.3 Å². The van der Waals surface area contributed by atoms with Gasteiger partial charge in [0, 0.05) is 31.0 Å². The number of amides is 2. The van der Waals surface area contributed by atoms with Crippen LogP contribution in [0.15, 0.2) is 48.5 Å². The predicted octanol–water partition coefficient (Wildman–Crippen LogP) is 4.80. The Morgan fingerprint density at radius 3 is 2.26 bits per heavy atom. The lowest BCUT2D eigenvalue weighted by atomic mass is 9.98. The van der Waals surface area contributed by atoms with E-state index in [0.717, 1.165) is 24.0 Å². The molecule has 7 heteroatoms. The second kappa shape index (κ2) is 10.9. The lowest BCUT2D eigenvalue weighted by Crippen LogP contribution is -2.48. The summed E-state index contributed by atoms with van der Waals surface area (Å²) in [7, 11) is 0. The number of benzene rings is 2. The van der Waals surface area contributed by atoms with Crippen LogP contribution >= 0.6 is 0 Å². The van der Waals surface area contributed by atoms with Crippen molar-refractivity contribution >= 4 is 18.0 Å². The van der Waals surface area contributed by atoms with Gasteiger partial charge in [-0.15, -0.1) is 0 Å². The summed E-state index contributed by atoms with van der Waals surface area (Å²) < 4.78 is 5.69. The summed E-state index contributed by atoms with van der Waals surface area (Å²) in [6.07, 6.45) is 2.22. The van der Waals surface area contributed by atoms with Crippen molar-refractivity contribution in [1.82, 2.24) is 10.2 Å². The molecule has 0 saturated heterocycles. The standard InChI is InChI=1S/C28H34N2O5/c1-18(2)30(16-8-15-26(31)32)27(33)23-13-7-14-25(23)29-28(34)35-17-24-21-11-5-3-9-19(21)20-10-4-6-12-22(20)24/h3-6,9-12,18,23-25H,7-8,13-17H2,1-2H3,(H,29,34)(H,31,32)/t23-,25+/m1/s1.